The minimum Gasteiger partial charge on any atom is -0.374 e. The Morgan fingerprint density at radius 3 is 2.89 bits per heavy atom. The normalized spacial score (nSPS) is 21.1. The number of rotatable bonds is 5. The van der Waals surface area contributed by atoms with Gasteiger partial charge in [-0.2, -0.15) is 0 Å². The van der Waals surface area contributed by atoms with Crippen molar-refractivity contribution in [1.82, 2.24) is 10.2 Å². The van der Waals surface area contributed by atoms with Crippen molar-refractivity contribution < 1.29 is 4.74 Å². The molecule has 100 valence electrons. The average Bonchev–Trinajstić information content (AvgIpc) is 2.39. The lowest BCUT2D eigenvalue weighted by Gasteiger charge is -2.32. The third-order valence-electron chi connectivity index (χ3n) is 3.28. The molecule has 1 aliphatic rings. The minimum atomic E-state index is 0.328. The second-order valence-corrected chi connectivity index (χ2v) is 5.16. The average molecular weight is 269 g/mol. The summed E-state index contributed by atoms with van der Waals surface area (Å²) < 4.78 is 5.69. The lowest BCUT2D eigenvalue weighted by molar-refractivity contribution is -0.0258. The molecule has 0 bridgehead atoms. The number of benzene rings is 1. The van der Waals surface area contributed by atoms with Gasteiger partial charge in [0.15, 0.2) is 0 Å². The van der Waals surface area contributed by atoms with Gasteiger partial charge in [0.25, 0.3) is 0 Å². The monoisotopic (exact) mass is 268 g/mol. The molecule has 1 heterocycles. The molecule has 0 aliphatic carbocycles. The van der Waals surface area contributed by atoms with Crippen LogP contribution in [-0.4, -0.2) is 50.8 Å². The standard InChI is InChI=1S/C14H21ClN2O/c1-16-10-14-11-17(8-9-18-14)7-6-12-2-4-13(15)5-3-12/h2-5,14,16H,6-11H2,1H3. The predicted molar refractivity (Wildman–Crippen MR) is 75.3 cm³/mol. The van der Waals surface area contributed by atoms with Crippen LogP contribution in [0.15, 0.2) is 24.3 Å². The Morgan fingerprint density at radius 2 is 2.17 bits per heavy atom. The van der Waals surface area contributed by atoms with Crippen LogP contribution in [0.1, 0.15) is 5.56 Å². The Labute approximate surface area is 114 Å². The van der Waals surface area contributed by atoms with Crippen molar-refractivity contribution in [2.75, 3.05) is 39.8 Å². The molecule has 0 saturated carbocycles. The molecule has 1 aliphatic heterocycles. The fourth-order valence-corrected chi connectivity index (χ4v) is 2.40. The molecule has 0 spiro atoms. The molecule has 0 aromatic heterocycles. The topological polar surface area (TPSA) is 24.5 Å². The maximum absolute atomic E-state index is 5.88. The summed E-state index contributed by atoms with van der Waals surface area (Å²) >= 11 is 5.88. The van der Waals surface area contributed by atoms with E-state index in [4.69, 9.17) is 16.3 Å². The summed E-state index contributed by atoms with van der Waals surface area (Å²) in [6.45, 7) is 4.91. The van der Waals surface area contributed by atoms with Gasteiger partial charge in [0.05, 0.1) is 12.7 Å². The van der Waals surface area contributed by atoms with Crippen LogP contribution in [0, 0.1) is 0 Å². The zero-order chi connectivity index (χ0) is 12.8. The molecule has 3 nitrogen and oxygen atoms in total. The summed E-state index contributed by atoms with van der Waals surface area (Å²) in [5, 5.41) is 3.98. The molecule has 1 fully saturated rings. The van der Waals surface area contributed by atoms with Crippen molar-refractivity contribution in [3.63, 3.8) is 0 Å². The predicted octanol–water partition coefficient (Wildman–Crippen LogP) is 1.80. The Balaban J connectivity index is 1.77. The van der Waals surface area contributed by atoms with Crippen molar-refractivity contribution in [3.8, 4) is 0 Å². The van der Waals surface area contributed by atoms with E-state index in [1.54, 1.807) is 0 Å². The van der Waals surface area contributed by atoms with Crippen LogP contribution in [0.3, 0.4) is 0 Å². The second-order valence-electron chi connectivity index (χ2n) is 4.73. The first-order valence-corrected chi connectivity index (χ1v) is 6.88. The molecule has 1 N–H and O–H groups in total. The summed E-state index contributed by atoms with van der Waals surface area (Å²) in [6.07, 6.45) is 1.40. The van der Waals surface area contributed by atoms with E-state index in [1.165, 1.54) is 5.56 Å². The van der Waals surface area contributed by atoms with Gasteiger partial charge in [-0.1, -0.05) is 23.7 Å². The molecule has 4 heteroatoms. The van der Waals surface area contributed by atoms with E-state index < -0.39 is 0 Å². The number of ether oxygens (including phenoxy) is 1. The molecule has 1 saturated heterocycles. The van der Waals surface area contributed by atoms with Gasteiger partial charge in [0.2, 0.25) is 0 Å². The van der Waals surface area contributed by atoms with Crippen LogP contribution in [-0.2, 0) is 11.2 Å². The Hall–Kier alpha value is -0.610. The molecular formula is C14H21ClN2O. The van der Waals surface area contributed by atoms with Crippen LogP contribution in [0.25, 0.3) is 0 Å². The van der Waals surface area contributed by atoms with E-state index in [0.717, 1.165) is 44.2 Å². The smallest absolute Gasteiger partial charge is 0.0826 e. The highest BCUT2D eigenvalue weighted by Crippen LogP contribution is 2.11. The van der Waals surface area contributed by atoms with Gasteiger partial charge in [-0.05, 0) is 31.2 Å². The summed E-state index contributed by atoms with van der Waals surface area (Å²) in [5.74, 6) is 0. The van der Waals surface area contributed by atoms with Crippen LogP contribution in [0.4, 0.5) is 0 Å². The highest BCUT2D eigenvalue weighted by molar-refractivity contribution is 6.30. The van der Waals surface area contributed by atoms with E-state index in [-0.39, 0.29) is 0 Å². The Morgan fingerprint density at radius 1 is 1.39 bits per heavy atom. The lowest BCUT2D eigenvalue weighted by atomic mass is 10.1. The third-order valence-corrected chi connectivity index (χ3v) is 3.54. The van der Waals surface area contributed by atoms with E-state index in [2.05, 4.69) is 22.3 Å². The van der Waals surface area contributed by atoms with Crippen molar-refractivity contribution in [1.29, 1.82) is 0 Å². The number of morpholine rings is 1. The first kappa shape index (κ1) is 13.8. The molecule has 1 aromatic carbocycles. The fourth-order valence-electron chi connectivity index (χ4n) is 2.27. The number of hydrogen-bond acceptors (Lipinski definition) is 3. The first-order valence-electron chi connectivity index (χ1n) is 6.51. The van der Waals surface area contributed by atoms with E-state index in [0.29, 0.717) is 6.10 Å². The van der Waals surface area contributed by atoms with Crippen molar-refractivity contribution in [3.05, 3.63) is 34.9 Å². The van der Waals surface area contributed by atoms with Gasteiger partial charge in [-0.3, -0.25) is 4.90 Å². The van der Waals surface area contributed by atoms with Gasteiger partial charge in [-0.25, -0.2) is 0 Å². The second kappa shape index (κ2) is 7.10. The summed E-state index contributed by atoms with van der Waals surface area (Å²) in [6, 6.07) is 8.13. The summed E-state index contributed by atoms with van der Waals surface area (Å²) in [4.78, 5) is 2.47. The molecule has 1 atom stereocenters. The molecule has 18 heavy (non-hydrogen) atoms. The van der Waals surface area contributed by atoms with E-state index in [1.807, 2.05) is 19.2 Å². The van der Waals surface area contributed by atoms with E-state index in [9.17, 15) is 0 Å². The number of nitrogens with one attached hydrogen (secondary N) is 1. The minimum absolute atomic E-state index is 0.328. The van der Waals surface area contributed by atoms with Gasteiger partial charge in [-0.15, -0.1) is 0 Å². The molecule has 1 aromatic rings. The Bertz CT molecular complexity index is 353. The molecule has 1 unspecified atom stereocenters. The Kier molecular flexibility index (Phi) is 5.45. The van der Waals surface area contributed by atoms with Crippen LogP contribution in [0.2, 0.25) is 5.02 Å². The van der Waals surface area contributed by atoms with E-state index >= 15 is 0 Å². The fraction of sp³-hybridized carbons (Fsp3) is 0.571. The largest absolute Gasteiger partial charge is 0.374 e. The molecule has 0 radical (unpaired) electrons. The van der Waals surface area contributed by atoms with Gasteiger partial charge < -0.3 is 10.1 Å². The molecule has 0 amide bonds. The van der Waals surface area contributed by atoms with Crippen LogP contribution < -0.4 is 5.32 Å². The summed E-state index contributed by atoms with van der Waals surface area (Å²) in [5.41, 5.74) is 1.34. The third kappa shape index (κ3) is 4.25. The zero-order valence-electron chi connectivity index (χ0n) is 10.9. The van der Waals surface area contributed by atoms with Crippen molar-refractivity contribution >= 4 is 11.6 Å². The van der Waals surface area contributed by atoms with Gasteiger partial charge >= 0.3 is 0 Å². The maximum Gasteiger partial charge on any atom is 0.0826 e. The highest BCUT2D eigenvalue weighted by Gasteiger charge is 2.19. The van der Waals surface area contributed by atoms with Crippen molar-refractivity contribution in [2.24, 2.45) is 0 Å². The SMILES string of the molecule is CNCC1CN(CCc2ccc(Cl)cc2)CCO1. The van der Waals surface area contributed by atoms with Crippen molar-refractivity contribution in [2.45, 2.75) is 12.5 Å². The quantitative estimate of drug-likeness (QED) is 0.881. The van der Waals surface area contributed by atoms with Crippen LogP contribution >= 0.6 is 11.6 Å². The number of halogens is 1. The van der Waals surface area contributed by atoms with Crippen LogP contribution in [0.5, 0.6) is 0 Å². The van der Waals surface area contributed by atoms with Gasteiger partial charge in [0.1, 0.15) is 0 Å². The molecule has 2 rings (SSSR count). The number of nitrogens with zero attached hydrogens (tertiary/aromatic N) is 1. The first-order chi connectivity index (χ1) is 8.78. The van der Waals surface area contributed by atoms with Gasteiger partial charge in [0, 0.05) is 31.2 Å². The number of likely N-dealkylation sites (N-methyl/N-ethyl adjacent to an activating group) is 1. The summed E-state index contributed by atoms with van der Waals surface area (Å²) in [7, 11) is 1.97. The zero-order valence-corrected chi connectivity index (χ0v) is 11.6. The number of hydrogen-bond donors (Lipinski definition) is 1. The lowest BCUT2D eigenvalue weighted by Crippen LogP contribution is -2.46. The maximum atomic E-state index is 5.88. The molecular weight excluding hydrogens is 248 g/mol. The highest BCUT2D eigenvalue weighted by atomic mass is 35.5.